The van der Waals surface area contributed by atoms with Crippen molar-refractivity contribution >= 4 is 24.2 Å². The van der Waals surface area contributed by atoms with Crippen molar-refractivity contribution < 1.29 is 9.59 Å². The number of nitrogens with two attached hydrogens (primary N) is 1. The largest absolute Gasteiger partial charge is 0.347 e. The molecule has 1 atom stereocenters. The number of hydrogen-bond donors (Lipinski definition) is 1. The Morgan fingerprint density at radius 3 is 2.56 bits per heavy atom. The van der Waals surface area contributed by atoms with E-state index in [0.717, 1.165) is 12.8 Å². The summed E-state index contributed by atoms with van der Waals surface area (Å²) < 4.78 is 0. The molecule has 1 aliphatic heterocycles. The van der Waals surface area contributed by atoms with Crippen molar-refractivity contribution in [3.05, 3.63) is 0 Å². The summed E-state index contributed by atoms with van der Waals surface area (Å²) in [4.78, 5) is 26.6. The van der Waals surface area contributed by atoms with Gasteiger partial charge in [0, 0.05) is 33.6 Å². The van der Waals surface area contributed by atoms with Crippen molar-refractivity contribution in [1.29, 1.82) is 0 Å². The number of amides is 2. The first-order chi connectivity index (χ1) is 7.07. The maximum atomic E-state index is 11.8. The molecular formula is C10H20ClN3O2. The van der Waals surface area contributed by atoms with Gasteiger partial charge >= 0.3 is 0 Å². The number of likely N-dealkylation sites (tertiary alicyclic amines) is 1. The van der Waals surface area contributed by atoms with Gasteiger partial charge in [-0.05, 0) is 12.8 Å². The predicted molar refractivity (Wildman–Crippen MR) is 64.3 cm³/mol. The van der Waals surface area contributed by atoms with Crippen molar-refractivity contribution in [2.45, 2.75) is 25.3 Å². The molecule has 94 valence electrons. The summed E-state index contributed by atoms with van der Waals surface area (Å²) in [7, 11) is 3.43. The lowest BCUT2D eigenvalue weighted by atomic mass is 10.2. The van der Waals surface area contributed by atoms with Gasteiger partial charge in [-0.3, -0.25) is 9.59 Å². The number of likely N-dealkylation sites (N-methyl/N-ethyl adjacent to an activating group) is 1. The fraction of sp³-hybridized carbons (Fsp3) is 0.800. The van der Waals surface area contributed by atoms with Gasteiger partial charge in [0.05, 0.1) is 0 Å². The Balaban J connectivity index is 0.00000225. The van der Waals surface area contributed by atoms with Crippen LogP contribution in [0.3, 0.4) is 0 Å². The average Bonchev–Trinajstić information content (AvgIpc) is 2.65. The fourth-order valence-electron chi connectivity index (χ4n) is 1.89. The molecule has 0 radical (unpaired) electrons. The summed E-state index contributed by atoms with van der Waals surface area (Å²) in [6.07, 6.45) is 2.01. The van der Waals surface area contributed by atoms with Crippen LogP contribution >= 0.6 is 12.4 Å². The van der Waals surface area contributed by atoms with Crippen LogP contribution in [0.15, 0.2) is 0 Å². The minimum atomic E-state index is -0.265. The molecule has 1 rings (SSSR count). The van der Waals surface area contributed by atoms with E-state index in [1.54, 1.807) is 23.9 Å². The maximum absolute atomic E-state index is 11.8. The minimum absolute atomic E-state index is 0. The van der Waals surface area contributed by atoms with E-state index in [1.807, 2.05) is 0 Å². The average molecular weight is 250 g/mol. The van der Waals surface area contributed by atoms with E-state index in [2.05, 4.69) is 0 Å². The van der Waals surface area contributed by atoms with E-state index in [0.29, 0.717) is 19.5 Å². The van der Waals surface area contributed by atoms with Gasteiger partial charge in [0.1, 0.15) is 6.04 Å². The monoisotopic (exact) mass is 249 g/mol. The molecule has 2 amide bonds. The topological polar surface area (TPSA) is 66.6 Å². The van der Waals surface area contributed by atoms with Gasteiger partial charge in [0.2, 0.25) is 11.8 Å². The highest BCUT2D eigenvalue weighted by atomic mass is 35.5. The molecule has 0 aromatic heterocycles. The first-order valence-corrected chi connectivity index (χ1v) is 5.28. The van der Waals surface area contributed by atoms with Gasteiger partial charge in [-0.25, -0.2) is 0 Å². The molecule has 1 heterocycles. The van der Waals surface area contributed by atoms with E-state index in [9.17, 15) is 9.59 Å². The summed E-state index contributed by atoms with van der Waals surface area (Å²) in [5.74, 6) is 0.00747. The van der Waals surface area contributed by atoms with Crippen LogP contribution < -0.4 is 5.73 Å². The smallest absolute Gasteiger partial charge is 0.244 e. The van der Waals surface area contributed by atoms with E-state index >= 15 is 0 Å². The predicted octanol–water partition coefficient (Wildman–Crippen LogP) is -0.164. The molecule has 0 bridgehead atoms. The first-order valence-electron chi connectivity index (χ1n) is 5.28. The molecule has 0 aliphatic carbocycles. The second-order valence-electron chi connectivity index (χ2n) is 4.02. The number of rotatable bonds is 3. The first kappa shape index (κ1) is 15.2. The summed E-state index contributed by atoms with van der Waals surface area (Å²) >= 11 is 0. The Bertz CT molecular complexity index is 258. The van der Waals surface area contributed by atoms with Crippen LogP contribution in [0.1, 0.15) is 19.3 Å². The minimum Gasteiger partial charge on any atom is -0.347 e. The van der Waals surface area contributed by atoms with Gasteiger partial charge in [-0.2, -0.15) is 0 Å². The Kier molecular flexibility index (Phi) is 6.36. The van der Waals surface area contributed by atoms with Crippen LogP contribution in [0.5, 0.6) is 0 Å². The summed E-state index contributed by atoms with van der Waals surface area (Å²) in [6, 6.07) is -0.265. The van der Waals surface area contributed by atoms with Crippen LogP contribution in [-0.2, 0) is 9.59 Å². The highest BCUT2D eigenvalue weighted by Gasteiger charge is 2.34. The second kappa shape index (κ2) is 6.70. The lowest BCUT2D eigenvalue weighted by molar-refractivity contribution is -0.142. The van der Waals surface area contributed by atoms with Crippen LogP contribution in [0.25, 0.3) is 0 Å². The molecule has 2 N–H and O–H groups in total. The second-order valence-corrected chi connectivity index (χ2v) is 4.02. The third-order valence-corrected chi connectivity index (χ3v) is 2.66. The molecule has 0 saturated carbocycles. The van der Waals surface area contributed by atoms with Gasteiger partial charge in [0.25, 0.3) is 0 Å². The van der Waals surface area contributed by atoms with Crippen LogP contribution in [0.2, 0.25) is 0 Å². The zero-order chi connectivity index (χ0) is 11.4. The van der Waals surface area contributed by atoms with Crippen molar-refractivity contribution in [2.24, 2.45) is 5.73 Å². The van der Waals surface area contributed by atoms with E-state index in [-0.39, 0.29) is 30.3 Å². The molecule has 0 spiro atoms. The Hall–Kier alpha value is -0.810. The third-order valence-electron chi connectivity index (χ3n) is 2.66. The van der Waals surface area contributed by atoms with E-state index in [4.69, 9.17) is 5.73 Å². The quantitative estimate of drug-likeness (QED) is 0.756. The number of hydrogen-bond acceptors (Lipinski definition) is 3. The fourth-order valence-corrected chi connectivity index (χ4v) is 1.89. The number of carbonyl (C=O) groups excluding carboxylic acids is 2. The van der Waals surface area contributed by atoms with Crippen molar-refractivity contribution in [1.82, 2.24) is 9.80 Å². The zero-order valence-corrected chi connectivity index (χ0v) is 10.6. The van der Waals surface area contributed by atoms with Gasteiger partial charge in [-0.15, -0.1) is 12.4 Å². The van der Waals surface area contributed by atoms with E-state index in [1.165, 1.54) is 0 Å². The van der Waals surface area contributed by atoms with E-state index < -0.39 is 0 Å². The molecule has 16 heavy (non-hydrogen) atoms. The standard InChI is InChI=1S/C10H19N3O2.ClH/c1-12(2)10(15)8-4-3-7-13(8)9(14)5-6-11;/h8H,3-7,11H2,1-2H3;1H. The molecule has 1 saturated heterocycles. The third kappa shape index (κ3) is 3.35. The van der Waals surface area contributed by atoms with Crippen molar-refractivity contribution in [3.8, 4) is 0 Å². The van der Waals surface area contributed by atoms with Crippen LogP contribution in [0, 0.1) is 0 Å². The maximum Gasteiger partial charge on any atom is 0.244 e. The Morgan fingerprint density at radius 2 is 2.06 bits per heavy atom. The van der Waals surface area contributed by atoms with Crippen LogP contribution in [-0.4, -0.2) is 54.8 Å². The zero-order valence-electron chi connectivity index (χ0n) is 9.81. The number of carbonyl (C=O) groups is 2. The van der Waals surface area contributed by atoms with Gasteiger partial charge < -0.3 is 15.5 Å². The van der Waals surface area contributed by atoms with Crippen molar-refractivity contribution in [3.63, 3.8) is 0 Å². The molecule has 5 nitrogen and oxygen atoms in total. The Morgan fingerprint density at radius 1 is 1.44 bits per heavy atom. The molecule has 1 fully saturated rings. The highest BCUT2D eigenvalue weighted by molar-refractivity contribution is 5.88. The van der Waals surface area contributed by atoms with Gasteiger partial charge in [-0.1, -0.05) is 0 Å². The SMILES string of the molecule is CN(C)C(=O)C1CCCN1C(=O)CCN.Cl. The molecule has 0 aromatic carbocycles. The molecule has 0 aromatic rings. The molecular weight excluding hydrogens is 230 g/mol. The van der Waals surface area contributed by atoms with Gasteiger partial charge in [0.15, 0.2) is 0 Å². The summed E-state index contributed by atoms with van der Waals surface area (Å²) in [5.41, 5.74) is 5.34. The Labute approximate surface area is 102 Å². The summed E-state index contributed by atoms with van der Waals surface area (Å²) in [6.45, 7) is 1.03. The summed E-state index contributed by atoms with van der Waals surface area (Å²) in [5, 5.41) is 0. The lowest BCUT2D eigenvalue weighted by Gasteiger charge is -2.26. The van der Waals surface area contributed by atoms with Crippen LogP contribution in [0.4, 0.5) is 0 Å². The molecule has 1 unspecified atom stereocenters. The number of halogens is 1. The van der Waals surface area contributed by atoms with Crippen molar-refractivity contribution in [2.75, 3.05) is 27.2 Å². The highest BCUT2D eigenvalue weighted by Crippen LogP contribution is 2.19. The normalized spacial score (nSPS) is 19.2. The molecule has 6 heteroatoms. The molecule has 1 aliphatic rings. The number of nitrogens with zero attached hydrogens (tertiary/aromatic N) is 2. The lowest BCUT2D eigenvalue weighted by Crippen LogP contribution is -2.45.